The van der Waals surface area contributed by atoms with Crippen LogP contribution in [0, 0.1) is 13.8 Å². The topological polar surface area (TPSA) is 77.1 Å². The average molecular weight is 424 g/mol. The fraction of sp³-hybridized carbons (Fsp3) is 0.333. The molecule has 0 aromatic heterocycles. The maximum Gasteiger partial charge on any atom is 0.278 e. The van der Waals surface area contributed by atoms with Crippen LogP contribution in [0.1, 0.15) is 23.1 Å². The molecule has 0 aliphatic carbocycles. The third-order valence-corrected chi connectivity index (χ3v) is 5.36. The van der Waals surface area contributed by atoms with Crippen molar-refractivity contribution in [1.29, 1.82) is 0 Å². The highest BCUT2D eigenvalue weighted by molar-refractivity contribution is 6.36. The zero-order valence-corrected chi connectivity index (χ0v) is 18.6. The third kappa shape index (κ3) is 4.56. The van der Waals surface area contributed by atoms with E-state index < -0.39 is 0 Å². The summed E-state index contributed by atoms with van der Waals surface area (Å²) in [6, 6.07) is 11.0. The highest BCUT2D eigenvalue weighted by Gasteiger charge is 2.39. The first-order chi connectivity index (χ1) is 14.9. The standard InChI is InChI=1S/C24H28N2O5/c1-15-7-8-17(13-16(15)2)21-22(24(28)26(23(21)27)11-6-12-29-3)25-19-14-18(30-4)9-10-20(19)31-5/h7-10,13-14,25H,6,11-12H2,1-5H3. The Morgan fingerprint density at radius 1 is 0.903 bits per heavy atom. The number of anilines is 1. The largest absolute Gasteiger partial charge is 0.497 e. The van der Waals surface area contributed by atoms with Crippen molar-refractivity contribution >= 4 is 23.1 Å². The second kappa shape index (κ2) is 9.66. The molecule has 1 heterocycles. The lowest BCUT2D eigenvalue weighted by Crippen LogP contribution is -2.33. The van der Waals surface area contributed by atoms with Crippen molar-refractivity contribution < 1.29 is 23.8 Å². The molecule has 0 radical (unpaired) electrons. The smallest absolute Gasteiger partial charge is 0.278 e. The molecule has 7 nitrogen and oxygen atoms in total. The number of amides is 2. The number of nitrogens with zero attached hydrogens (tertiary/aromatic N) is 1. The third-order valence-electron chi connectivity index (χ3n) is 5.36. The Labute approximate surface area is 182 Å². The van der Waals surface area contributed by atoms with Crippen LogP contribution in [-0.4, -0.2) is 51.2 Å². The van der Waals surface area contributed by atoms with Crippen LogP contribution in [0.25, 0.3) is 5.57 Å². The van der Waals surface area contributed by atoms with E-state index in [0.29, 0.717) is 41.4 Å². The van der Waals surface area contributed by atoms with Crippen LogP contribution in [-0.2, 0) is 14.3 Å². The normalized spacial score (nSPS) is 13.8. The molecule has 2 aromatic rings. The summed E-state index contributed by atoms with van der Waals surface area (Å²) < 4.78 is 15.8. The predicted molar refractivity (Wildman–Crippen MR) is 119 cm³/mol. The molecular weight excluding hydrogens is 396 g/mol. The monoisotopic (exact) mass is 424 g/mol. The molecule has 0 fully saturated rings. The minimum absolute atomic E-state index is 0.220. The van der Waals surface area contributed by atoms with Gasteiger partial charge >= 0.3 is 0 Å². The number of hydrogen-bond acceptors (Lipinski definition) is 6. The van der Waals surface area contributed by atoms with Crippen molar-refractivity contribution in [2.75, 3.05) is 39.8 Å². The summed E-state index contributed by atoms with van der Waals surface area (Å²) in [5.74, 6) is 0.434. The number of aryl methyl sites for hydroxylation is 2. The maximum absolute atomic E-state index is 13.3. The lowest BCUT2D eigenvalue weighted by molar-refractivity contribution is -0.136. The van der Waals surface area contributed by atoms with Crippen LogP contribution >= 0.6 is 0 Å². The number of ether oxygens (including phenoxy) is 3. The van der Waals surface area contributed by atoms with Crippen LogP contribution in [0.15, 0.2) is 42.1 Å². The predicted octanol–water partition coefficient (Wildman–Crippen LogP) is 3.55. The summed E-state index contributed by atoms with van der Waals surface area (Å²) in [4.78, 5) is 27.8. The summed E-state index contributed by atoms with van der Waals surface area (Å²) in [7, 11) is 4.70. The van der Waals surface area contributed by atoms with Crippen molar-refractivity contribution in [2.45, 2.75) is 20.3 Å². The molecule has 3 rings (SSSR count). The van der Waals surface area contributed by atoms with Crippen LogP contribution in [0.4, 0.5) is 5.69 Å². The van der Waals surface area contributed by atoms with Gasteiger partial charge in [-0.15, -0.1) is 0 Å². The van der Waals surface area contributed by atoms with Gasteiger partial charge in [-0.25, -0.2) is 0 Å². The van der Waals surface area contributed by atoms with Crippen molar-refractivity contribution in [1.82, 2.24) is 4.90 Å². The average Bonchev–Trinajstić information content (AvgIpc) is 3.00. The Morgan fingerprint density at radius 3 is 2.32 bits per heavy atom. The van der Waals surface area contributed by atoms with E-state index in [2.05, 4.69) is 5.32 Å². The summed E-state index contributed by atoms with van der Waals surface area (Å²) in [5.41, 5.74) is 3.95. The Morgan fingerprint density at radius 2 is 1.68 bits per heavy atom. The van der Waals surface area contributed by atoms with E-state index >= 15 is 0 Å². The van der Waals surface area contributed by atoms with Gasteiger partial charge in [-0.3, -0.25) is 14.5 Å². The number of rotatable bonds is 9. The highest BCUT2D eigenvalue weighted by Crippen LogP contribution is 2.35. The number of carbonyl (C=O) groups excluding carboxylic acids is 2. The lowest BCUT2D eigenvalue weighted by Gasteiger charge is -2.16. The molecule has 1 N–H and O–H groups in total. The molecule has 0 spiro atoms. The highest BCUT2D eigenvalue weighted by atomic mass is 16.5. The lowest BCUT2D eigenvalue weighted by atomic mass is 9.99. The van der Waals surface area contributed by atoms with Crippen molar-refractivity contribution in [3.8, 4) is 11.5 Å². The fourth-order valence-electron chi connectivity index (χ4n) is 3.47. The second-order valence-electron chi connectivity index (χ2n) is 7.35. The molecule has 164 valence electrons. The molecule has 2 aromatic carbocycles. The zero-order chi connectivity index (χ0) is 22.5. The number of benzene rings is 2. The molecule has 0 atom stereocenters. The van der Waals surface area contributed by atoms with Gasteiger partial charge in [0.1, 0.15) is 17.2 Å². The maximum atomic E-state index is 13.3. The van der Waals surface area contributed by atoms with Gasteiger partial charge in [-0.1, -0.05) is 18.2 Å². The van der Waals surface area contributed by atoms with Gasteiger partial charge in [0.2, 0.25) is 0 Å². The molecule has 0 saturated heterocycles. The molecule has 31 heavy (non-hydrogen) atoms. The quantitative estimate of drug-likeness (QED) is 0.490. The minimum atomic E-state index is -0.376. The van der Waals surface area contributed by atoms with E-state index in [-0.39, 0.29) is 24.1 Å². The first-order valence-corrected chi connectivity index (χ1v) is 10.1. The Bertz CT molecular complexity index is 1030. The van der Waals surface area contributed by atoms with Gasteiger partial charge in [0.15, 0.2) is 0 Å². The Kier molecular flexibility index (Phi) is 6.97. The molecule has 1 aliphatic heterocycles. The van der Waals surface area contributed by atoms with Crippen LogP contribution in [0.2, 0.25) is 0 Å². The summed E-state index contributed by atoms with van der Waals surface area (Å²) >= 11 is 0. The summed E-state index contributed by atoms with van der Waals surface area (Å²) in [6.45, 7) is 4.73. The van der Waals surface area contributed by atoms with Crippen molar-refractivity contribution in [2.24, 2.45) is 0 Å². The van der Waals surface area contributed by atoms with Gasteiger partial charge in [0, 0.05) is 26.3 Å². The van der Waals surface area contributed by atoms with Gasteiger partial charge in [0.05, 0.1) is 25.5 Å². The van der Waals surface area contributed by atoms with E-state index in [1.807, 2.05) is 32.0 Å². The van der Waals surface area contributed by atoms with Gasteiger partial charge in [-0.05, 0) is 49.1 Å². The fourth-order valence-corrected chi connectivity index (χ4v) is 3.47. The summed E-state index contributed by atoms with van der Waals surface area (Å²) in [6.07, 6.45) is 0.559. The van der Waals surface area contributed by atoms with E-state index in [0.717, 1.165) is 11.1 Å². The number of carbonyl (C=O) groups is 2. The Hall–Kier alpha value is -3.32. The van der Waals surface area contributed by atoms with E-state index in [1.54, 1.807) is 39.5 Å². The SMILES string of the molecule is COCCCN1C(=O)C(Nc2cc(OC)ccc2OC)=C(c2ccc(C)c(C)c2)C1=O. The molecule has 2 amide bonds. The van der Waals surface area contributed by atoms with Crippen molar-refractivity contribution in [3.05, 3.63) is 58.8 Å². The number of imide groups is 1. The van der Waals surface area contributed by atoms with E-state index in [9.17, 15) is 9.59 Å². The molecule has 1 aliphatic rings. The number of hydrogen-bond donors (Lipinski definition) is 1. The molecule has 7 heteroatoms. The number of nitrogens with one attached hydrogen (secondary N) is 1. The van der Waals surface area contributed by atoms with Crippen molar-refractivity contribution in [3.63, 3.8) is 0 Å². The molecule has 0 saturated carbocycles. The van der Waals surface area contributed by atoms with Gasteiger partial charge in [0.25, 0.3) is 11.8 Å². The summed E-state index contributed by atoms with van der Waals surface area (Å²) in [5, 5.41) is 3.15. The Balaban J connectivity index is 2.08. The molecule has 0 bridgehead atoms. The second-order valence-corrected chi connectivity index (χ2v) is 7.35. The van der Waals surface area contributed by atoms with Crippen LogP contribution in [0.3, 0.4) is 0 Å². The molecular formula is C24H28N2O5. The number of methoxy groups -OCH3 is 3. The first kappa shape index (κ1) is 22.4. The van der Waals surface area contributed by atoms with Gasteiger partial charge < -0.3 is 19.5 Å². The first-order valence-electron chi connectivity index (χ1n) is 10.1. The van der Waals surface area contributed by atoms with E-state index in [1.165, 1.54) is 4.90 Å². The van der Waals surface area contributed by atoms with Gasteiger partial charge in [-0.2, -0.15) is 0 Å². The minimum Gasteiger partial charge on any atom is -0.497 e. The molecule has 0 unspecified atom stereocenters. The zero-order valence-electron chi connectivity index (χ0n) is 18.6. The van der Waals surface area contributed by atoms with E-state index in [4.69, 9.17) is 14.2 Å². The van der Waals surface area contributed by atoms with Crippen LogP contribution in [0.5, 0.6) is 11.5 Å². The van der Waals surface area contributed by atoms with Crippen LogP contribution < -0.4 is 14.8 Å².